The van der Waals surface area contributed by atoms with E-state index in [-0.39, 0.29) is 11.3 Å². The second-order valence-corrected chi connectivity index (χ2v) is 5.28. The molecule has 3 N–H and O–H groups in total. The Kier molecular flexibility index (Phi) is 6.02. The normalized spacial score (nSPS) is 11.2. The van der Waals surface area contributed by atoms with E-state index in [1.807, 2.05) is 19.1 Å². The van der Waals surface area contributed by atoms with Gasteiger partial charge in [-0.05, 0) is 49.4 Å². The number of aryl methyl sites for hydroxylation is 1. The largest absolute Gasteiger partial charge is 0.496 e. The molecular weight excluding hydrogens is 252 g/mol. The second kappa shape index (κ2) is 7.29. The van der Waals surface area contributed by atoms with E-state index < -0.39 is 0 Å². The predicted molar refractivity (Wildman–Crippen MR) is 82.1 cm³/mol. The summed E-state index contributed by atoms with van der Waals surface area (Å²) in [5.74, 6) is 0.650. The highest BCUT2D eigenvalue weighted by atomic mass is 16.5. The van der Waals surface area contributed by atoms with E-state index in [0.717, 1.165) is 24.2 Å². The van der Waals surface area contributed by atoms with Gasteiger partial charge in [-0.2, -0.15) is 0 Å². The Morgan fingerprint density at radius 2 is 2.00 bits per heavy atom. The number of carbonyl (C=O) groups excluding carboxylic acids is 1. The Balaban J connectivity index is 2.76. The third kappa shape index (κ3) is 3.73. The molecule has 4 nitrogen and oxygen atoms in total. The van der Waals surface area contributed by atoms with Crippen molar-refractivity contribution in [1.29, 1.82) is 0 Å². The van der Waals surface area contributed by atoms with Gasteiger partial charge in [-0.15, -0.1) is 0 Å². The van der Waals surface area contributed by atoms with Crippen molar-refractivity contribution >= 4 is 5.91 Å². The minimum Gasteiger partial charge on any atom is -0.496 e. The van der Waals surface area contributed by atoms with Crippen LogP contribution in [0.25, 0.3) is 0 Å². The third-order valence-electron chi connectivity index (χ3n) is 4.23. The van der Waals surface area contributed by atoms with Gasteiger partial charge in [0, 0.05) is 12.1 Å². The van der Waals surface area contributed by atoms with Gasteiger partial charge in [-0.3, -0.25) is 4.79 Å². The van der Waals surface area contributed by atoms with Crippen LogP contribution in [-0.2, 0) is 0 Å². The number of amides is 1. The topological polar surface area (TPSA) is 64.3 Å². The lowest BCUT2D eigenvalue weighted by molar-refractivity contribution is 0.0927. The van der Waals surface area contributed by atoms with Crippen molar-refractivity contribution in [3.05, 3.63) is 29.3 Å². The van der Waals surface area contributed by atoms with Gasteiger partial charge in [0.2, 0.25) is 0 Å². The van der Waals surface area contributed by atoms with E-state index in [2.05, 4.69) is 19.2 Å². The molecule has 0 saturated carbocycles. The van der Waals surface area contributed by atoms with Crippen LogP contribution in [0.1, 0.15) is 42.6 Å². The van der Waals surface area contributed by atoms with Crippen LogP contribution in [0.4, 0.5) is 0 Å². The van der Waals surface area contributed by atoms with Crippen LogP contribution in [0, 0.1) is 12.3 Å². The first-order valence-electron chi connectivity index (χ1n) is 7.14. The van der Waals surface area contributed by atoms with Crippen LogP contribution in [0.2, 0.25) is 0 Å². The fourth-order valence-corrected chi connectivity index (χ4v) is 2.19. The molecule has 0 spiro atoms. The first kappa shape index (κ1) is 16.5. The summed E-state index contributed by atoms with van der Waals surface area (Å²) in [6.45, 7) is 7.35. The molecule has 1 aromatic rings. The zero-order valence-corrected chi connectivity index (χ0v) is 13.0. The summed E-state index contributed by atoms with van der Waals surface area (Å²) in [5.41, 5.74) is 7.47. The van der Waals surface area contributed by atoms with Crippen LogP contribution in [0.15, 0.2) is 18.2 Å². The number of benzene rings is 1. The van der Waals surface area contributed by atoms with Crippen molar-refractivity contribution < 1.29 is 9.53 Å². The lowest BCUT2D eigenvalue weighted by Crippen LogP contribution is -2.41. The predicted octanol–water partition coefficient (Wildman–Crippen LogP) is 2.50. The molecule has 0 atom stereocenters. The lowest BCUT2D eigenvalue weighted by Gasteiger charge is -2.30. The number of hydrogen-bond acceptors (Lipinski definition) is 3. The molecule has 0 heterocycles. The van der Waals surface area contributed by atoms with Gasteiger partial charge in [-0.1, -0.05) is 19.9 Å². The van der Waals surface area contributed by atoms with Gasteiger partial charge in [0.1, 0.15) is 5.75 Å². The highest BCUT2D eigenvalue weighted by Gasteiger charge is 2.25. The minimum atomic E-state index is -0.0805. The molecule has 1 aromatic carbocycles. The smallest absolute Gasteiger partial charge is 0.251 e. The molecule has 0 aliphatic carbocycles. The van der Waals surface area contributed by atoms with Crippen LogP contribution in [0.5, 0.6) is 5.75 Å². The molecule has 0 aromatic heterocycles. The minimum absolute atomic E-state index is 0.00948. The summed E-state index contributed by atoms with van der Waals surface area (Å²) >= 11 is 0. The van der Waals surface area contributed by atoms with Crippen LogP contribution < -0.4 is 15.8 Å². The van der Waals surface area contributed by atoms with Crippen molar-refractivity contribution in [3.8, 4) is 5.75 Å². The molecule has 0 unspecified atom stereocenters. The number of nitrogens with two attached hydrogens (primary N) is 1. The highest BCUT2D eigenvalue weighted by Crippen LogP contribution is 2.24. The average molecular weight is 278 g/mol. The van der Waals surface area contributed by atoms with E-state index in [1.54, 1.807) is 13.2 Å². The number of nitrogens with one attached hydrogen (secondary N) is 1. The van der Waals surface area contributed by atoms with Gasteiger partial charge < -0.3 is 15.8 Å². The van der Waals surface area contributed by atoms with E-state index in [0.29, 0.717) is 18.7 Å². The van der Waals surface area contributed by atoms with Crippen LogP contribution >= 0.6 is 0 Å². The summed E-state index contributed by atoms with van der Waals surface area (Å²) in [4.78, 5) is 12.2. The van der Waals surface area contributed by atoms with E-state index >= 15 is 0 Å². The molecule has 0 saturated heterocycles. The average Bonchev–Trinajstić information content (AvgIpc) is 2.49. The van der Waals surface area contributed by atoms with Crippen molar-refractivity contribution in [1.82, 2.24) is 5.32 Å². The Morgan fingerprint density at radius 3 is 2.50 bits per heavy atom. The first-order valence-corrected chi connectivity index (χ1v) is 7.14. The van der Waals surface area contributed by atoms with Crippen molar-refractivity contribution in [2.24, 2.45) is 11.1 Å². The van der Waals surface area contributed by atoms with Crippen molar-refractivity contribution in [2.75, 3.05) is 20.2 Å². The van der Waals surface area contributed by atoms with E-state index in [9.17, 15) is 4.79 Å². The summed E-state index contributed by atoms with van der Waals surface area (Å²) in [6, 6.07) is 5.48. The molecule has 0 aliphatic heterocycles. The molecular formula is C16H26N2O2. The zero-order valence-electron chi connectivity index (χ0n) is 13.0. The molecule has 20 heavy (non-hydrogen) atoms. The standard InChI is InChI=1S/C16H26N2O2/c1-5-16(6-2,10-17)11-18-15(19)13-8-7-12(3)14(9-13)20-4/h7-9H,5-6,10-11,17H2,1-4H3,(H,18,19). The maximum Gasteiger partial charge on any atom is 0.251 e. The monoisotopic (exact) mass is 278 g/mol. The molecule has 0 aliphatic rings. The van der Waals surface area contributed by atoms with Gasteiger partial charge in [0.15, 0.2) is 0 Å². The quantitative estimate of drug-likeness (QED) is 0.805. The summed E-state index contributed by atoms with van der Waals surface area (Å²) < 4.78 is 5.24. The molecule has 4 heteroatoms. The number of carbonyl (C=O) groups is 1. The molecule has 112 valence electrons. The van der Waals surface area contributed by atoms with Gasteiger partial charge in [0.25, 0.3) is 5.91 Å². The number of rotatable bonds is 7. The van der Waals surface area contributed by atoms with Gasteiger partial charge >= 0.3 is 0 Å². The Labute approximate surface area is 121 Å². The summed E-state index contributed by atoms with van der Waals surface area (Å²) in [6.07, 6.45) is 1.91. The third-order valence-corrected chi connectivity index (χ3v) is 4.23. The fourth-order valence-electron chi connectivity index (χ4n) is 2.19. The summed E-state index contributed by atoms with van der Waals surface area (Å²) in [7, 11) is 1.61. The maximum atomic E-state index is 12.2. The van der Waals surface area contributed by atoms with E-state index in [4.69, 9.17) is 10.5 Å². The van der Waals surface area contributed by atoms with Crippen molar-refractivity contribution in [2.45, 2.75) is 33.6 Å². The molecule has 1 rings (SSSR count). The SMILES string of the molecule is CCC(CC)(CN)CNC(=O)c1ccc(C)c(OC)c1. The number of methoxy groups -OCH3 is 1. The summed E-state index contributed by atoms with van der Waals surface area (Å²) in [5, 5.41) is 2.99. The number of hydrogen-bond donors (Lipinski definition) is 2. The Morgan fingerprint density at radius 1 is 1.35 bits per heavy atom. The molecule has 0 bridgehead atoms. The zero-order chi connectivity index (χ0) is 15.2. The Bertz CT molecular complexity index is 446. The Hall–Kier alpha value is -1.55. The fraction of sp³-hybridized carbons (Fsp3) is 0.562. The maximum absolute atomic E-state index is 12.2. The van der Waals surface area contributed by atoms with Crippen LogP contribution in [0.3, 0.4) is 0 Å². The first-order chi connectivity index (χ1) is 9.51. The molecule has 0 radical (unpaired) electrons. The van der Waals surface area contributed by atoms with Gasteiger partial charge in [0.05, 0.1) is 7.11 Å². The van der Waals surface area contributed by atoms with Crippen LogP contribution in [-0.4, -0.2) is 26.1 Å². The highest BCUT2D eigenvalue weighted by molar-refractivity contribution is 5.94. The molecule has 1 amide bonds. The van der Waals surface area contributed by atoms with Crippen molar-refractivity contribution in [3.63, 3.8) is 0 Å². The lowest BCUT2D eigenvalue weighted by atomic mass is 9.82. The van der Waals surface area contributed by atoms with Gasteiger partial charge in [-0.25, -0.2) is 0 Å². The second-order valence-electron chi connectivity index (χ2n) is 5.28. The van der Waals surface area contributed by atoms with E-state index in [1.165, 1.54) is 0 Å². The molecule has 0 fully saturated rings. The number of ether oxygens (including phenoxy) is 1.